The summed E-state index contributed by atoms with van der Waals surface area (Å²) in [6, 6.07) is 13.0. The first-order valence-corrected chi connectivity index (χ1v) is 9.51. The molecule has 0 saturated heterocycles. The molecule has 1 aliphatic heterocycles. The molecule has 2 aliphatic rings. The van der Waals surface area contributed by atoms with Crippen molar-refractivity contribution < 1.29 is 14.3 Å². The molecule has 1 saturated carbocycles. The van der Waals surface area contributed by atoms with E-state index in [0.717, 1.165) is 29.7 Å². The maximum Gasteiger partial charge on any atom is 0.263 e. The van der Waals surface area contributed by atoms with Gasteiger partial charge in [-0.15, -0.1) is 0 Å². The Morgan fingerprint density at radius 2 is 2.04 bits per heavy atom. The van der Waals surface area contributed by atoms with Gasteiger partial charge in [0, 0.05) is 35.3 Å². The molecule has 4 rings (SSSR count). The van der Waals surface area contributed by atoms with E-state index in [1.54, 1.807) is 11.8 Å². The van der Waals surface area contributed by atoms with E-state index in [0.29, 0.717) is 23.9 Å². The molecule has 2 amide bonds. The second-order valence-corrected chi connectivity index (χ2v) is 7.54. The van der Waals surface area contributed by atoms with Crippen LogP contribution in [0.4, 0.5) is 5.69 Å². The third-order valence-electron chi connectivity index (χ3n) is 4.92. The van der Waals surface area contributed by atoms with E-state index in [-0.39, 0.29) is 17.7 Å². The van der Waals surface area contributed by atoms with Crippen LogP contribution in [0.3, 0.4) is 0 Å². The lowest BCUT2D eigenvalue weighted by molar-refractivity contribution is -0.138. The Labute approximate surface area is 163 Å². The van der Waals surface area contributed by atoms with Gasteiger partial charge in [-0.3, -0.25) is 9.59 Å². The maximum absolute atomic E-state index is 12.8. The van der Waals surface area contributed by atoms with Crippen LogP contribution in [-0.2, 0) is 22.7 Å². The van der Waals surface area contributed by atoms with Crippen molar-refractivity contribution in [3.05, 3.63) is 58.6 Å². The van der Waals surface area contributed by atoms with Crippen LogP contribution in [0.1, 0.15) is 30.9 Å². The highest BCUT2D eigenvalue weighted by atomic mass is 35.5. The number of benzene rings is 2. The zero-order chi connectivity index (χ0) is 19.0. The molecule has 1 aliphatic carbocycles. The van der Waals surface area contributed by atoms with Crippen LogP contribution >= 0.6 is 11.6 Å². The van der Waals surface area contributed by atoms with Crippen LogP contribution in [-0.4, -0.2) is 22.8 Å². The van der Waals surface area contributed by atoms with Crippen LogP contribution in [0.2, 0.25) is 5.02 Å². The molecule has 1 N–H and O–H groups in total. The van der Waals surface area contributed by atoms with Crippen molar-refractivity contribution in [2.24, 2.45) is 5.92 Å². The van der Waals surface area contributed by atoms with Gasteiger partial charge >= 0.3 is 0 Å². The molecule has 0 radical (unpaired) electrons. The normalized spacial score (nSPS) is 19.1. The van der Waals surface area contributed by atoms with Crippen molar-refractivity contribution in [1.29, 1.82) is 0 Å². The standard InChI is InChI=1S/C21H21ClN2O3/c1-13-21(26)24(11-15-4-2-3-5-18(15)22)12-16-10-17(8-9-19(16)27-13)23-20(25)14-6-7-14/h2-5,8-10,13-14H,6-7,11-12H2,1H3,(H,23,25). The second kappa shape index (κ2) is 7.24. The molecule has 1 atom stereocenters. The van der Waals surface area contributed by atoms with Crippen molar-refractivity contribution in [3.63, 3.8) is 0 Å². The Bertz CT molecular complexity index is 895. The molecule has 140 valence electrons. The Morgan fingerprint density at radius 3 is 2.78 bits per heavy atom. The fourth-order valence-corrected chi connectivity index (χ4v) is 3.43. The van der Waals surface area contributed by atoms with E-state index in [1.165, 1.54) is 0 Å². The minimum atomic E-state index is -0.583. The summed E-state index contributed by atoms with van der Waals surface area (Å²) in [6.07, 6.45) is 1.33. The zero-order valence-electron chi connectivity index (χ0n) is 15.1. The molecule has 1 heterocycles. The molecule has 2 aromatic carbocycles. The van der Waals surface area contributed by atoms with Crippen molar-refractivity contribution in [2.75, 3.05) is 5.32 Å². The smallest absolute Gasteiger partial charge is 0.263 e. The van der Waals surface area contributed by atoms with Gasteiger partial charge in [-0.05, 0) is 49.6 Å². The Kier molecular flexibility index (Phi) is 4.79. The van der Waals surface area contributed by atoms with Crippen molar-refractivity contribution in [3.8, 4) is 5.75 Å². The highest BCUT2D eigenvalue weighted by Crippen LogP contribution is 2.33. The highest BCUT2D eigenvalue weighted by Gasteiger charge is 2.31. The molecule has 0 spiro atoms. The summed E-state index contributed by atoms with van der Waals surface area (Å²) in [7, 11) is 0. The van der Waals surface area contributed by atoms with Gasteiger partial charge in [-0.25, -0.2) is 0 Å². The van der Waals surface area contributed by atoms with Gasteiger partial charge in [0.15, 0.2) is 6.10 Å². The van der Waals surface area contributed by atoms with Crippen molar-refractivity contribution in [2.45, 2.75) is 39.0 Å². The quantitative estimate of drug-likeness (QED) is 0.866. The minimum absolute atomic E-state index is 0.0573. The zero-order valence-corrected chi connectivity index (χ0v) is 15.8. The summed E-state index contributed by atoms with van der Waals surface area (Å²) < 4.78 is 5.85. The third kappa shape index (κ3) is 3.93. The van der Waals surface area contributed by atoms with Gasteiger partial charge in [0.2, 0.25) is 5.91 Å². The highest BCUT2D eigenvalue weighted by molar-refractivity contribution is 6.31. The van der Waals surface area contributed by atoms with Crippen LogP contribution in [0.25, 0.3) is 0 Å². The minimum Gasteiger partial charge on any atom is -0.481 e. The average molecular weight is 385 g/mol. The number of carbonyl (C=O) groups is 2. The number of halogens is 1. The van der Waals surface area contributed by atoms with Gasteiger partial charge < -0.3 is 15.0 Å². The number of hydrogen-bond acceptors (Lipinski definition) is 3. The number of hydrogen-bond donors (Lipinski definition) is 1. The molecule has 27 heavy (non-hydrogen) atoms. The number of nitrogens with one attached hydrogen (secondary N) is 1. The van der Waals surface area contributed by atoms with Gasteiger partial charge in [0.25, 0.3) is 5.91 Å². The first kappa shape index (κ1) is 17.9. The predicted molar refractivity (Wildman–Crippen MR) is 104 cm³/mol. The first-order chi connectivity index (χ1) is 13.0. The van der Waals surface area contributed by atoms with Crippen molar-refractivity contribution in [1.82, 2.24) is 4.90 Å². The number of carbonyl (C=O) groups excluding carboxylic acids is 2. The van der Waals surface area contributed by atoms with E-state index in [4.69, 9.17) is 16.3 Å². The number of amides is 2. The molecule has 2 aromatic rings. The summed E-state index contributed by atoms with van der Waals surface area (Å²) in [4.78, 5) is 26.6. The summed E-state index contributed by atoms with van der Waals surface area (Å²) in [5.41, 5.74) is 2.49. The number of nitrogens with zero attached hydrogens (tertiary/aromatic N) is 1. The van der Waals surface area contributed by atoms with Crippen molar-refractivity contribution >= 4 is 29.1 Å². The molecule has 0 aromatic heterocycles. The number of fused-ring (bicyclic) bond motifs is 1. The second-order valence-electron chi connectivity index (χ2n) is 7.13. The molecular formula is C21H21ClN2O3. The van der Waals surface area contributed by atoms with E-state index in [9.17, 15) is 9.59 Å². The molecular weight excluding hydrogens is 364 g/mol. The Balaban J connectivity index is 1.59. The lowest BCUT2D eigenvalue weighted by Gasteiger charge is -2.22. The summed E-state index contributed by atoms with van der Waals surface area (Å²) >= 11 is 6.27. The van der Waals surface area contributed by atoms with Crippen LogP contribution in [0.5, 0.6) is 5.75 Å². The number of anilines is 1. The molecule has 0 bridgehead atoms. The summed E-state index contributed by atoms with van der Waals surface area (Å²) in [5, 5.41) is 3.58. The summed E-state index contributed by atoms with van der Waals surface area (Å²) in [6.45, 7) is 2.56. The largest absolute Gasteiger partial charge is 0.481 e. The third-order valence-corrected chi connectivity index (χ3v) is 5.29. The predicted octanol–water partition coefficient (Wildman–Crippen LogP) is 4.00. The van der Waals surface area contributed by atoms with Gasteiger partial charge in [0.05, 0.1) is 0 Å². The Morgan fingerprint density at radius 1 is 1.26 bits per heavy atom. The fourth-order valence-electron chi connectivity index (χ4n) is 3.23. The summed E-state index contributed by atoms with van der Waals surface area (Å²) in [5.74, 6) is 0.775. The van der Waals surface area contributed by atoms with Crippen LogP contribution in [0, 0.1) is 5.92 Å². The molecule has 5 nitrogen and oxygen atoms in total. The van der Waals surface area contributed by atoms with E-state index in [1.807, 2.05) is 42.5 Å². The monoisotopic (exact) mass is 384 g/mol. The fraction of sp³-hybridized carbons (Fsp3) is 0.333. The SMILES string of the molecule is CC1Oc2ccc(NC(=O)C3CC3)cc2CN(Cc2ccccc2Cl)C1=O. The average Bonchev–Trinajstić information content (AvgIpc) is 3.49. The van der Waals surface area contributed by atoms with Gasteiger partial charge in [0.1, 0.15) is 5.75 Å². The lowest BCUT2D eigenvalue weighted by Crippen LogP contribution is -2.37. The van der Waals surface area contributed by atoms with E-state index >= 15 is 0 Å². The molecule has 1 unspecified atom stereocenters. The van der Waals surface area contributed by atoms with Crippen LogP contribution in [0.15, 0.2) is 42.5 Å². The van der Waals surface area contributed by atoms with Crippen LogP contribution < -0.4 is 10.1 Å². The topological polar surface area (TPSA) is 58.6 Å². The maximum atomic E-state index is 12.8. The van der Waals surface area contributed by atoms with E-state index < -0.39 is 6.10 Å². The molecule has 6 heteroatoms. The number of ether oxygens (including phenoxy) is 1. The van der Waals surface area contributed by atoms with E-state index in [2.05, 4.69) is 5.32 Å². The Hall–Kier alpha value is -2.53. The molecule has 1 fully saturated rings. The number of rotatable bonds is 4. The van der Waals surface area contributed by atoms with Gasteiger partial charge in [-0.1, -0.05) is 29.8 Å². The first-order valence-electron chi connectivity index (χ1n) is 9.14. The lowest BCUT2D eigenvalue weighted by atomic mass is 10.1. The van der Waals surface area contributed by atoms with Gasteiger partial charge in [-0.2, -0.15) is 0 Å².